The molecule has 1 heterocycles. The molecule has 0 saturated heterocycles. The van der Waals surface area contributed by atoms with Gasteiger partial charge in [0.2, 0.25) is 0 Å². The maximum atomic E-state index is 5.85. The predicted molar refractivity (Wildman–Crippen MR) is 84.7 cm³/mol. The molecule has 21 heavy (non-hydrogen) atoms. The van der Waals surface area contributed by atoms with Gasteiger partial charge in [0, 0.05) is 6.42 Å². The van der Waals surface area contributed by atoms with E-state index in [4.69, 9.17) is 9.15 Å². The number of hydrogen-bond donors (Lipinski definition) is 1. The van der Waals surface area contributed by atoms with E-state index in [1.54, 1.807) is 13.3 Å². The third-order valence-electron chi connectivity index (χ3n) is 3.34. The average Bonchev–Trinajstić information content (AvgIpc) is 2.96. The summed E-state index contributed by atoms with van der Waals surface area (Å²) in [5.41, 5.74) is 2.13. The number of aromatic nitrogens is 1. The number of rotatable bonds is 8. The number of aryl methyl sites for hydroxylation is 2. The number of ether oxygens (including phenoxy) is 1. The summed E-state index contributed by atoms with van der Waals surface area (Å²) in [4.78, 5) is 4.37. The van der Waals surface area contributed by atoms with Gasteiger partial charge in [-0.3, -0.25) is 0 Å². The molecule has 2 aromatic rings. The molecule has 0 bridgehead atoms. The molecule has 1 aromatic carbocycles. The number of hydrogen-bond acceptors (Lipinski definition) is 4. The zero-order valence-electron chi connectivity index (χ0n) is 13.1. The largest absolute Gasteiger partial charge is 0.496 e. The molecule has 2 rings (SSSR count). The van der Waals surface area contributed by atoms with E-state index in [9.17, 15) is 0 Å². The van der Waals surface area contributed by atoms with Gasteiger partial charge in [0.05, 0.1) is 18.9 Å². The fourth-order valence-electron chi connectivity index (χ4n) is 2.23. The Morgan fingerprint density at radius 3 is 2.90 bits per heavy atom. The summed E-state index contributed by atoms with van der Waals surface area (Å²) in [6.07, 6.45) is 4.83. The molecule has 0 spiro atoms. The van der Waals surface area contributed by atoms with Crippen molar-refractivity contribution in [3.63, 3.8) is 0 Å². The molecule has 114 valence electrons. The highest BCUT2D eigenvalue weighted by Crippen LogP contribution is 2.31. The van der Waals surface area contributed by atoms with Crippen molar-refractivity contribution in [3.8, 4) is 17.1 Å². The highest BCUT2D eigenvalue weighted by atomic mass is 16.5. The summed E-state index contributed by atoms with van der Waals surface area (Å²) < 4.78 is 11.2. The van der Waals surface area contributed by atoms with Gasteiger partial charge in [-0.15, -0.1) is 0 Å². The summed E-state index contributed by atoms with van der Waals surface area (Å²) in [6.45, 7) is 6.29. The first kappa shape index (κ1) is 15.6. The molecule has 0 aliphatic rings. The van der Waals surface area contributed by atoms with Gasteiger partial charge >= 0.3 is 0 Å². The van der Waals surface area contributed by atoms with Crippen LogP contribution in [-0.4, -0.2) is 25.2 Å². The molecule has 0 atom stereocenters. The van der Waals surface area contributed by atoms with Crippen LogP contribution in [0.4, 0.5) is 0 Å². The van der Waals surface area contributed by atoms with E-state index in [0.717, 1.165) is 55.3 Å². The second kappa shape index (κ2) is 7.84. The molecule has 0 aliphatic heterocycles. The normalized spacial score (nSPS) is 10.8. The summed E-state index contributed by atoms with van der Waals surface area (Å²) in [7, 11) is 1.67. The van der Waals surface area contributed by atoms with Crippen molar-refractivity contribution in [2.24, 2.45) is 0 Å². The lowest BCUT2D eigenvalue weighted by Crippen LogP contribution is -2.16. The Hall–Kier alpha value is -1.81. The van der Waals surface area contributed by atoms with E-state index in [2.05, 4.69) is 30.2 Å². The Bertz CT molecular complexity index is 564. The van der Waals surface area contributed by atoms with Gasteiger partial charge in [-0.05, 0) is 45.0 Å². The van der Waals surface area contributed by atoms with Crippen LogP contribution in [0.3, 0.4) is 0 Å². The molecule has 1 aromatic heterocycles. The van der Waals surface area contributed by atoms with E-state index < -0.39 is 0 Å². The third kappa shape index (κ3) is 4.33. The first-order chi connectivity index (χ1) is 10.2. The first-order valence-electron chi connectivity index (χ1n) is 7.55. The topological polar surface area (TPSA) is 47.3 Å². The van der Waals surface area contributed by atoms with Crippen molar-refractivity contribution < 1.29 is 9.15 Å². The number of nitrogens with one attached hydrogen (secondary N) is 1. The molecular weight excluding hydrogens is 264 g/mol. The first-order valence-corrected chi connectivity index (χ1v) is 7.55. The molecule has 0 unspecified atom stereocenters. The monoisotopic (exact) mass is 288 g/mol. The lowest BCUT2D eigenvalue weighted by molar-refractivity contribution is 0.413. The van der Waals surface area contributed by atoms with Gasteiger partial charge in [0.1, 0.15) is 5.75 Å². The van der Waals surface area contributed by atoms with Crippen LogP contribution in [0.25, 0.3) is 11.3 Å². The summed E-state index contributed by atoms with van der Waals surface area (Å²) in [6, 6.07) is 6.05. The Morgan fingerprint density at radius 1 is 1.29 bits per heavy atom. The molecule has 1 N–H and O–H groups in total. The van der Waals surface area contributed by atoms with Gasteiger partial charge in [-0.2, -0.15) is 0 Å². The Morgan fingerprint density at radius 2 is 2.14 bits per heavy atom. The molecule has 0 saturated carbocycles. The smallest absolute Gasteiger partial charge is 0.194 e. The Balaban J connectivity index is 2.01. The van der Waals surface area contributed by atoms with E-state index in [1.807, 2.05) is 12.1 Å². The van der Waals surface area contributed by atoms with Gasteiger partial charge in [0.25, 0.3) is 0 Å². The zero-order chi connectivity index (χ0) is 15.1. The van der Waals surface area contributed by atoms with E-state index >= 15 is 0 Å². The minimum Gasteiger partial charge on any atom is -0.496 e. The van der Waals surface area contributed by atoms with E-state index in [-0.39, 0.29) is 0 Å². The van der Waals surface area contributed by atoms with Crippen LogP contribution in [-0.2, 0) is 6.42 Å². The third-order valence-corrected chi connectivity index (χ3v) is 3.34. The van der Waals surface area contributed by atoms with Crippen molar-refractivity contribution in [2.45, 2.75) is 33.1 Å². The Kier molecular flexibility index (Phi) is 5.81. The lowest BCUT2D eigenvalue weighted by Gasteiger charge is -2.06. The van der Waals surface area contributed by atoms with Crippen molar-refractivity contribution in [3.05, 3.63) is 35.9 Å². The van der Waals surface area contributed by atoms with Crippen LogP contribution in [0.15, 0.2) is 28.8 Å². The molecule has 4 nitrogen and oxygen atoms in total. The van der Waals surface area contributed by atoms with E-state index in [1.165, 1.54) is 5.56 Å². The second-order valence-electron chi connectivity index (χ2n) is 5.18. The SMILES string of the molecule is CCCNCCCc1ncc(-c2cc(C)ccc2OC)o1. The average molecular weight is 288 g/mol. The van der Waals surface area contributed by atoms with Gasteiger partial charge < -0.3 is 14.5 Å². The van der Waals surface area contributed by atoms with Crippen molar-refractivity contribution in [1.82, 2.24) is 10.3 Å². The number of oxazole rings is 1. The summed E-state index contributed by atoms with van der Waals surface area (Å²) in [5.74, 6) is 2.37. The van der Waals surface area contributed by atoms with Crippen LogP contribution < -0.4 is 10.1 Å². The minimum absolute atomic E-state index is 0.770. The van der Waals surface area contributed by atoms with Gasteiger partial charge in [0.15, 0.2) is 11.7 Å². The molecule has 0 fully saturated rings. The summed E-state index contributed by atoms with van der Waals surface area (Å²) >= 11 is 0. The number of methoxy groups -OCH3 is 1. The van der Waals surface area contributed by atoms with Crippen molar-refractivity contribution in [1.29, 1.82) is 0 Å². The highest BCUT2D eigenvalue weighted by Gasteiger charge is 2.11. The van der Waals surface area contributed by atoms with Crippen LogP contribution in [0.2, 0.25) is 0 Å². The van der Waals surface area contributed by atoms with Crippen LogP contribution in [0, 0.1) is 6.92 Å². The molecular formula is C17H24N2O2. The van der Waals surface area contributed by atoms with Crippen LogP contribution >= 0.6 is 0 Å². The quantitative estimate of drug-likeness (QED) is 0.754. The zero-order valence-corrected chi connectivity index (χ0v) is 13.1. The Labute approximate surface area is 126 Å². The lowest BCUT2D eigenvalue weighted by atomic mass is 10.1. The van der Waals surface area contributed by atoms with Crippen molar-refractivity contribution in [2.75, 3.05) is 20.2 Å². The van der Waals surface area contributed by atoms with Gasteiger partial charge in [-0.1, -0.05) is 18.6 Å². The molecule has 0 radical (unpaired) electrons. The standard InChI is InChI=1S/C17H24N2O2/c1-4-9-18-10-5-6-17-19-12-16(21-17)14-11-13(2)7-8-15(14)20-3/h7-8,11-12,18H,4-6,9-10H2,1-3H3. The van der Waals surface area contributed by atoms with E-state index in [0.29, 0.717) is 0 Å². The maximum Gasteiger partial charge on any atom is 0.194 e. The van der Waals surface area contributed by atoms with Crippen LogP contribution in [0.5, 0.6) is 5.75 Å². The maximum absolute atomic E-state index is 5.85. The molecule has 0 aliphatic carbocycles. The van der Waals surface area contributed by atoms with Crippen LogP contribution in [0.1, 0.15) is 31.2 Å². The minimum atomic E-state index is 0.770. The summed E-state index contributed by atoms with van der Waals surface area (Å²) in [5, 5.41) is 3.38. The molecule has 4 heteroatoms. The van der Waals surface area contributed by atoms with Gasteiger partial charge in [-0.25, -0.2) is 4.98 Å². The predicted octanol–water partition coefficient (Wildman–Crippen LogP) is 3.59. The highest BCUT2D eigenvalue weighted by molar-refractivity contribution is 5.66. The fraction of sp³-hybridized carbons (Fsp3) is 0.471. The molecule has 0 amide bonds. The number of nitrogens with zero attached hydrogens (tertiary/aromatic N) is 1. The number of benzene rings is 1. The van der Waals surface area contributed by atoms with Crippen molar-refractivity contribution >= 4 is 0 Å². The fourth-order valence-corrected chi connectivity index (χ4v) is 2.23. The second-order valence-corrected chi connectivity index (χ2v) is 5.18.